The van der Waals surface area contributed by atoms with Gasteiger partial charge in [0.25, 0.3) is 0 Å². The largest absolute Gasteiger partial charge is 0.317 e. The van der Waals surface area contributed by atoms with Crippen LogP contribution in [0.3, 0.4) is 0 Å². The van der Waals surface area contributed by atoms with E-state index >= 15 is 0 Å². The summed E-state index contributed by atoms with van der Waals surface area (Å²) in [6, 6.07) is 0.715. The molecule has 0 saturated heterocycles. The zero-order valence-corrected chi connectivity index (χ0v) is 8.65. The highest BCUT2D eigenvalue weighted by molar-refractivity contribution is 4.68. The minimum atomic E-state index is 0.715. The standard InChI is InChI=1S/C10H23N/c1-6-10(11-5)7-9(4)8(2)3/h8-11H,6-7H2,1-5H3/t9?,10-/m0/s1. The van der Waals surface area contributed by atoms with Crippen molar-refractivity contribution in [2.75, 3.05) is 7.05 Å². The molecule has 0 fully saturated rings. The lowest BCUT2D eigenvalue weighted by Gasteiger charge is -2.21. The first kappa shape index (κ1) is 11.0. The van der Waals surface area contributed by atoms with E-state index in [1.165, 1.54) is 12.8 Å². The maximum absolute atomic E-state index is 3.34. The van der Waals surface area contributed by atoms with Crippen molar-refractivity contribution < 1.29 is 0 Å². The summed E-state index contributed by atoms with van der Waals surface area (Å²) in [5.74, 6) is 1.66. The van der Waals surface area contributed by atoms with E-state index in [9.17, 15) is 0 Å². The quantitative estimate of drug-likeness (QED) is 0.647. The van der Waals surface area contributed by atoms with E-state index in [1.807, 2.05) is 0 Å². The Balaban J connectivity index is 3.62. The summed E-state index contributed by atoms with van der Waals surface area (Å²) in [4.78, 5) is 0. The third-order valence-electron chi connectivity index (χ3n) is 2.70. The molecule has 1 N–H and O–H groups in total. The normalized spacial score (nSPS) is 16.9. The highest BCUT2D eigenvalue weighted by atomic mass is 14.9. The smallest absolute Gasteiger partial charge is 0.00640 e. The van der Waals surface area contributed by atoms with Gasteiger partial charge < -0.3 is 5.32 Å². The molecule has 0 aromatic heterocycles. The second kappa shape index (κ2) is 5.59. The second-order valence-corrected chi connectivity index (χ2v) is 3.85. The average Bonchev–Trinajstić information content (AvgIpc) is 1.99. The van der Waals surface area contributed by atoms with Crippen LogP contribution in [0.2, 0.25) is 0 Å². The minimum absolute atomic E-state index is 0.715. The van der Waals surface area contributed by atoms with Gasteiger partial charge in [-0.2, -0.15) is 0 Å². The molecule has 0 aliphatic carbocycles. The molecule has 0 radical (unpaired) electrons. The van der Waals surface area contributed by atoms with E-state index in [0.717, 1.165) is 11.8 Å². The first-order chi connectivity index (χ1) is 5.11. The summed E-state index contributed by atoms with van der Waals surface area (Å²) in [6.45, 7) is 9.18. The van der Waals surface area contributed by atoms with Crippen molar-refractivity contribution in [3.05, 3.63) is 0 Å². The van der Waals surface area contributed by atoms with Crippen LogP contribution in [0.1, 0.15) is 40.5 Å². The molecule has 1 unspecified atom stereocenters. The first-order valence-corrected chi connectivity index (χ1v) is 4.79. The Labute approximate surface area is 71.6 Å². The molecule has 11 heavy (non-hydrogen) atoms. The van der Waals surface area contributed by atoms with E-state index in [-0.39, 0.29) is 0 Å². The molecule has 0 aliphatic rings. The van der Waals surface area contributed by atoms with Crippen molar-refractivity contribution in [3.8, 4) is 0 Å². The van der Waals surface area contributed by atoms with Gasteiger partial charge in [-0.1, -0.05) is 27.7 Å². The van der Waals surface area contributed by atoms with Gasteiger partial charge in [-0.3, -0.25) is 0 Å². The SMILES string of the molecule is CC[C@@H](CC(C)C(C)C)NC. The third kappa shape index (κ3) is 4.41. The Morgan fingerprint density at radius 3 is 2.00 bits per heavy atom. The molecular formula is C10H23N. The Hall–Kier alpha value is -0.0400. The minimum Gasteiger partial charge on any atom is -0.317 e. The van der Waals surface area contributed by atoms with E-state index in [4.69, 9.17) is 0 Å². The predicted octanol–water partition coefficient (Wildman–Crippen LogP) is 2.67. The third-order valence-corrected chi connectivity index (χ3v) is 2.70. The van der Waals surface area contributed by atoms with Crippen molar-refractivity contribution in [3.63, 3.8) is 0 Å². The number of hydrogen-bond acceptors (Lipinski definition) is 1. The molecule has 0 aromatic rings. The summed E-state index contributed by atoms with van der Waals surface area (Å²) >= 11 is 0. The first-order valence-electron chi connectivity index (χ1n) is 4.79. The van der Waals surface area contributed by atoms with Gasteiger partial charge in [0, 0.05) is 6.04 Å². The highest BCUT2D eigenvalue weighted by Gasteiger charge is 2.11. The molecule has 1 heteroatoms. The van der Waals surface area contributed by atoms with Crippen molar-refractivity contribution in [2.24, 2.45) is 11.8 Å². The highest BCUT2D eigenvalue weighted by Crippen LogP contribution is 2.16. The summed E-state index contributed by atoms with van der Waals surface area (Å²) in [6.07, 6.45) is 2.55. The monoisotopic (exact) mass is 157 g/mol. The molecule has 2 atom stereocenters. The molecule has 1 nitrogen and oxygen atoms in total. The van der Waals surface area contributed by atoms with Crippen LogP contribution in [0, 0.1) is 11.8 Å². The molecule has 0 rings (SSSR count). The summed E-state index contributed by atoms with van der Waals surface area (Å²) in [7, 11) is 2.06. The average molecular weight is 157 g/mol. The molecule has 0 saturated carbocycles. The maximum atomic E-state index is 3.34. The van der Waals surface area contributed by atoms with Crippen molar-refractivity contribution in [1.82, 2.24) is 5.32 Å². The Kier molecular flexibility index (Phi) is 5.57. The van der Waals surface area contributed by atoms with Crippen LogP contribution in [0.15, 0.2) is 0 Å². The Morgan fingerprint density at radius 1 is 1.18 bits per heavy atom. The summed E-state index contributed by atoms with van der Waals surface area (Å²) in [5.41, 5.74) is 0. The topological polar surface area (TPSA) is 12.0 Å². The summed E-state index contributed by atoms with van der Waals surface area (Å²) < 4.78 is 0. The predicted molar refractivity (Wildman–Crippen MR) is 51.8 cm³/mol. The van der Waals surface area contributed by atoms with E-state index in [2.05, 4.69) is 40.1 Å². The maximum Gasteiger partial charge on any atom is 0.00640 e. The van der Waals surface area contributed by atoms with Crippen LogP contribution in [-0.2, 0) is 0 Å². The van der Waals surface area contributed by atoms with E-state index < -0.39 is 0 Å². The fourth-order valence-corrected chi connectivity index (χ4v) is 1.21. The van der Waals surface area contributed by atoms with Crippen LogP contribution in [-0.4, -0.2) is 13.1 Å². The van der Waals surface area contributed by atoms with Gasteiger partial charge in [0.2, 0.25) is 0 Å². The van der Waals surface area contributed by atoms with Gasteiger partial charge >= 0.3 is 0 Å². The van der Waals surface area contributed by atoms with Crippen LogP contribution < -0.4 is 5.32 Å². The van der Waals surface area contributed by atoms with E-state index in [1.54, 1.807) is 0 Å². The Bertz CT molecular complexity index is 84.9. The van der Waals surface area contributed by atoms with Crippen molar-refractivity contribution >= 4 is 0 Å². The van der Waals surface area contributed by atoms with E-state index in [0.29, 0.717) is 6.04 Å². The number of rotatable bonds is 5. The van der Waals surface area contributed by atoms with Gasteiger partial charge in [0.15, 0.2) is 0 Å². The lowest BCUT2D eigenvalue weighted by Crippen LogP contribution is -2.27. The van der Waals surface area contributed by atoms with Gasteiger partial charge in [-0.15, -0.1) is 0 Å². The fraction of sp³-hybridized carbons (Fsp3) is 1.00. The van der Waals surface area contributed by atoms with Crippen molar-refractivity contribution in [1.29, 1.82) is 0 Å². The zero-order valence-electron chi connectivity index (χ0n) is 8.65. The van der Waals surface area contributed by atoms with Crippen LogP contribution in [0.25, 0.3) is 0 Å². The van der Waals surface area contributed by atoms with Gasteiger partial charge in [-0.25, -0.2) is 0 Å². The van der Waals surface area contributed by atoms with Gasteiger partial charge in [-0.05, 0) is 31.7 Å². The van der Waals surface area contributed by atoms with Crippen LogP contribution >= 0.6 is 0 Å². The van der Waals surface area contributed by atoms with Gasteiger partial charge in [0.05, 0.1) is 0 Å². The Morgan fingerprint density at radius 2 is 1.73 bits per heavy atom. The second-order valence-electron chi connectivity index (χ2n) is 3.85. The summed E-state index contributed by atoms with van der Waals surface area (Å²) in [5, 5.41) is 3.34. The number of nitrogens with one attached hydrogen (secondary N) is 1. The lowest BCUT2D eigenvalue weighted by molar-refractivity contribution is 0.335. The zero-order chi connectivity index (χ0) is 8.85. The van der Waals surface area contributed by atoms with Crippen LogP contribution in [0.4, 0.5) is 0 Å². The molecule has 68 valence electrons. The molecule has 0 heterocycles. The molecular weight excluding hydrogens is 134 g/mol. The molecule has 0 aromatic carbocycles. The molecule has 0 spiro atoms. The van der Waals surface area contributed by atoms with Gasteiger partial charge in [0.1, 0.15) is 0 Å². The molecule has 0 aliphatic heterocycles. The lowest BCUT2D eigenvalue weighted by atomic mass is 9.90. The molecule has 0 amide bonds. The fourth-order valence-electron chi connectivity index (χ4n) is 1.21. The number of hydrogen-bond donors (Lipinski definition) is 1. The molecule has 0 bridgehead atoms. The van der Waals surface area contributed by atoms with Crippen molar-refractivity contribution in [2.45, 2.75) is 46.6 Å². The van der Waals surface area contributed by atoms with Crippen LogP contribution in [0.5, 0.6) is 0 Å².